The zero-order valence-electron chi connectivity index (χ0n) is 12.8. The van der Waals surface area contributed by atoms with E-state index in [1.165, 1.54) is 19.1 Å². The SMILES string of the molecule is C=CCNC(=O)[C@H](C)OC(=O)c1ccc(-c2cc(Cl)ccc2Cl)o1. The molecule has 0 saturated carbocycles. The molecule has 1 heterocycles. The summed E-state index contributed by atoms with van der Waals surface area (Å²) in [6, 6.07) is 7.93. The molecule has 0 aliphatic rings. The van der Waals surface area contributed by atoms with E-state index >= 15 is 0 Å². The number of ether oxygens (including phenoxy) is 1. The van der Waals surface area contributed by atoms with Crippen molar-refractivity contribution in [3.05, 3.63) is 58.8 Å². The summed E-state index contributed by atoms with van der Waals surface area (Å²) in [5.74, 6) is -0.837. The highest BCUT2D eigenvalue weighted by atomic mass is 35.5. The highest BCUT2D eigenvalue weighted by molar-refractivity contribution is 6.35. The first-order valence-electron chi connectivity index (χ1n) is 7.07. The first-order chi connectivity index (χ1) is 11.4. The van der Waals surface area contributed by atoms with Crippen molar-refractivity contribution in [2.75, 3.05) is 6.54 Å². The summed E-state index contributed by atoms with van der Waals surface area (Å²) in [4.78, 5) is 23.7. The molecule has 1 amide bonds. The third-order valence-electron chi connectivity index (χ3n) is 3.07. The summed E-state index contributed by atoms with van der Waals surface area (Å²) in [6.45, 7) is 5.24. The Balaban J connectivity index is 2.10. The molecule has 1 N–H and O–H groups in total. The molecule has 0 bridgehead atoms. The van der Waals surface area contributed by atoms with Crippen molar-refractivity contribution >= 4 is 35.1 Å². The third-order valence-corrected chi connectivity index (χ3v) is 3.64. The number of furan rings is 1. The second-order valence-electron chi connectivity index (χ2n) is 4.87. The summed E-state index contributed by atoms with van der Waals surface area (Å²) in [5.41, 5.74) is 0.556. The van der Waals surface area contributed by atoms with E-state index in [4.69, 9.17) is 32.4 Å². The summed E-state index contributed by atoms with van der Waals surface area (Å²) in [6.07, 6.45) is 0.570. The van der Waals surface area contributed by atoms with E-state index in [1.807, 2.05) is 0 Å². The lowest BCUT2D eigenvalue weighted by atomic mass is 10.2. The Morgan fingerprint density at radius 3 is 2.79 bits per heavy atom. The van der Waals surface area contributed by atoms with Crippen LogP contribution in [-0.4, -0.2) is 24.5 Å². The number of esters is 1. The van der Waals surface area contributed by atoms with Crippen molar-refractivity contribution in [3.8, 4) is 11.3 Å². The number of rotatable bonds is 6. The predicted molar refractivity (Wildman–Crippen MR) is 92.2 cm³/mol. The van der Waals surface area contributed by atoms with Gasteiger partial charge in [-0.05, 0) is 37.3 Å². The number of carbonyl (C=O) groups is 2. The average Bonchev–Trinajstić information content (AvgIpc) is 3.04. The number of carbonyl (C=O) groups excluding carboxylic acids is 2. The number of nitrogens with one attached hydrogen (secondary N) is 1. The fourth-order valence-corrected chi connectivity index (χ4v) is 2.25. The van der Waals surface area contributed by atoms with E-state index < -0.39 is 18.0 Å². The maximum absolute atomic E-state index is 12.1. The summed E-state index contributed by atoms with van der Waals surface area (Å²) in [5, 5.41) is 3.46. The lowest BCUT2D eigenvalue weighted by Gasteiger charge is -2.11. The van der Waals surface area contributed by atoms with Crippen molar-refractivity contribution in [1.82, 2.24) is 5.32 Å². The van der Waals surface area contributed by atoms with Crippen molar-refractivity contribution < 1.29 is 18.7 Å². The molecule has 2 rings (SSSR count). The van der Waals surface area contributed by atoms with Crippen LogP contribution in [0.25, 0.3) is 11.3 Å². The van der Waals surface area contributed by atoms with Crippen LogP contribution in [0.4, 0.5) is 0 Å². The fraction of sp³-hybridized carbons (Fsp3) is 0.176. The highest BCUT2D eigenvalue weighted by Crippen LogP contribution is 2.31. The Kier molecular flexibility index (Phi) is 6.06. The van der Waals surface area contributed by atoms with Gasteiger partial charge in [0.15, 0.2) is 6.10 Å². The van der Waals surface area contributed by atoms with E-state index in [0.717, 1.165) is 0 Å². The predicted octanol–water partition coefficient (Wildman–Crippen LogP) is 4.10. The van der Waals surface area contributed by atoms with Crippen LogP contribution in [-0.2, 0) is 9.53 Å². The minimum atomic E-state index is -0.958. The van der Waals surface area contributed by atoms with Crippen LogP contribution in [0.2, 0.25) is 10.0 Å². The van der Waals surface area contributed by atoms with Crippen LogP contribution in [0.1, 0.15) is 17.5 Å². The van der Waals surface area contributed by atoms with Crippen molar-refractivity contribution in [3.63, 3.8) is 0 Å². The normalized spacial score (nSPS) is 11.6. The molecule has 0 aliphatic heterocycles. The van der Waals surface area contributed by atoms with Gasteiger partial charge >= 0.3 is 5.97 Å². The zero-order chi connectivity index (χ0) is 17.7. The molecule has 24 heavy (non-hydrogen) atoms. The number of amides is 1. The Morgan fingerprint density at radius 1 is 1.33 bits per heavy atom. The molecular weight excluding hydrogens is 353 g/mol. The Labute approximate surface area is 149 Å². The largest absolute Gasteiger partial charge is 0.449 e. The van der Waals surface area contributed by atoms with Gasteiger partial charge in [-0.2, -0.15) is 0 Å². The van der Waals surface area contributed by atoms with Crippen molar-refractivity contribution in [1.29, 1.82) is 0 Å². The maximum Gasteiger partial charge on any atom is 0.375 e. The quantitative estimate of drug-likeness (QED) is 0.616. The molecule has 2 aromatic rings. The lowest BCUT2D eigenvalue weighted by Crippen LogP contribution is -2.35. The monoisotopic (exact) mass is 367 g/mol. The standard InChI is InChI=1S/C17H15Cl2NO4/c1-3-8-20-16(21)10(2)23-17(22)15-7-6-14(24-15)12-9-11(18)4-5-13(12)19/h3-7,9-10H,1,8H2,2H3,(H,20,21)/t10-/m0/s1. The van der Waals surface area contributed by atoms with Gasteiger partial charge < -0.3 is 14.5 Å². The number of benzene rings is 1. The molecular formula is C17H15Cl2NO4. The van der Waals surface area contributed by atoms with Crippen LogP contribution < -0.4 is 5.32 Å². The number of halogens is 2. The van der Waals surface area contributed by atoms with Gasteiger partial charge in [0.1, 0.15) is 5.76 Å². The van der Waals surface area contributed by atoms with E-state index in [0.29, 0.717) is 27.9 Å². The molecule has 126 valence electrons. The molecule has 7 heteroatoms. The van der Waals surface area contributed by atoms with Gasteiger partial charge in [0.25, 0.3) is 5.91 Å². The van der Waals surface area contributed by atoms with Gasteiger partial charge in [-0.25, -0.2) is 4.79 Å². The van der Waals surface area contributed by atoms with Crippen LogP contribution in [0.5, 0.6) is 0 Å². The van der Waals surface area contributed by atoms with Crippen molar-refractivity contribution in [2.45, 2.75) is 13.0 Å². The summed E-state index contributed by atoms with van der Waals surface area (Å²) in [7, 11) is 0. The van der Waals surface area contributed by atoms with Gasteiger partial charge in [-0.1, -0.05) is 29.3 Å². The van der Waals surface area contributed by atoms with Gasteiger partial charge in [0, 0.05) is 17.1 Å². The molecule has 1 aromatic carbocycles. The second-order valence-corrected chi connectivity index (χ2v) is 5.71. The fourth-order valence-electron chi connectivity index (χ4n) is 1.87. The topological polar surface area (TPSA) is 68.5 Å². The molecule has 5 nitrogen and oxygen atoms in total. The van der Waals surface area contributed by atoms with E-state index in [1.54, 1.807) is 24.3 Å². The van der Waals surface area contributed by atoms with Crippen LogP contribution in [0.3, 0.4) is 0 Å². The summed E-state index contributed by atoms with van der Waals surface area (Å²) < 4.78 is 10.5. The third kappa shape index (κ3) is 4.40. The maximum atomic E-state index is 12.1. The Hall–Kier alpha value is -2.24. The number of hydrogen-bond acceptors (Lipinski definition) is 4. The van der Waals surface area contributed by atoms with E-state index in [9.17, 15) is 9.59 Å². The summed E-state index contributed by atoms with van der Waals surface area (Å²) >= 11 is 12.0. The van der Waals surface area contributed by atoms with E-state index in [2.05, 4.69) is 11.9 Å². The zero-order valence-corrected chi connectivity index (χ0v) is 14.4. The molecule has 0 spiro atoms. The Bertz CT molecular complexity index is 770. The highest BCUT2D eigenvalue weighted by Gasteiger charge is 2.21. The molecule has 0 aliphatic carbocycles. The molecule has 0 saturated heterocycles. The molecule has 1 atom stereocenters. The lowest BCUT2D eigenvalue weighted by molar-refractivity contribution is -0.128. The molecule has 0 unspecified atom stereocenters. The second kappa shape index (κ2) is 8.04. The number of hydrogen-bond donors (Lipinski definition) is 1. The minimum absolute atomic E-state index is 0.0376. The van der Waals surface area contributed by atoms with Crippen molar-refractivity contribution in [2.24, 2.45) is 0 Å². The van der Waals surface area contributed by atoms with Gasteiger partial charge in [-0.15, -0.1) is 6.58 Å². The first-order valence-corrected chi connectivity index (χ1v) is 7.83. The van der Waals surface area contributed by atoms with Gasteiger partial charge in [0.2, 0.25) is 5.76 Å². The Morgan fingerprint density at radius 2 is 2.08 bits per heavy atom. The minimum Gasteiger partial charge on any atom is -0.449 e. The smallest absolute Gasteiger partial charge is 0.375 e. The first kappa shape index (κ1) is 18.1. The van der Waals surface area contributed by atoms with Crippen LogP contribution >= 0.6 is 23.2 Å². The van der Waals surface area contributed by atoms with Gasteiger partial charge in [0.05, 0.1) is 5.02 Å². The molecule has 1 aromatic heterocycles. The molecule has 0 radical (unpaired) electrons. The molecule has 0 fully saturated rings. The van der Waals surface area contributed by atoms with E-state index in [-0.39, 0.29) is 5.76 Å². The van der Waals surface area contributed by atoms with Gasteiger partial charge in [-0.3, -0.25) is 4.79 Å². The van der Waals surface area contributed by atoms with Crippen LogP contribution in [0.15, 0.2) is 47.4 Å². The van der Waals surface area contributed by atoms with Crippen LogP contribution in [0, 0.1) is 0 Å². The average molecular weight is 368 g/mol.